The predicted octanol–water partition coefficient (Wildman–Crippen LogP) is 2.45. The van der Waals surface area contributed by atoms with Crippen LogP contribution in [0.5, 0.6) is 0 Å². The number of hydrogen-bond acceptors (Lipinski definition) is 5. The lowest BCUT2D eigenvalue weighted by molar-refractivity contribution is -0.924. The number of thiazole rings is 1. The summed E-state index contributed by atoms with van der Waals surface area (Å²) in [4.78, 5) is 17.4. The highest BCUT2D eigenvalue weighted by molar-refractivity contribution is 7.18. The topological polar surface area (TPSA) is 56.8 Å². The summed E-state index contributed by atoms with van der Waals surface area (Å²) in [5, 5.41) is 1.10. The van der Waals surface area contributed by atoms with Gasteiger partial charge in [0.25, 0.3) is 0 Å². The molecule has 1 aromatic carbocycles. The Hall–Kier alpha value is -2.18. The number of quaternary nitrogens is 1. The van der Waals surface area contributed by atoms with E-state index in [1.807, 2.05) is 24.3 Å². The molecule has 3 aromatic rings. The molecule has 3 rings (SSSR count). The van der Waals surface area contributed by atoms with Crippen molar-refractivity contribution in [1.29, 1.82) is 0 Å². The van der Waals surface area contributed by atoms with Crippen LogP contribution in [0.1, 0.15) is 34.3 Å². The molecular weight excluding hydrogens is 312 g/mol. The van der Waals surface area contributed by atoms with E-state index in [-0.39, 0.29) is 11.8 Å². The van der Waals surface area contributed by atoms with E-state index in [4.69, 9.17) is 9.40 Å². The highest BCUT2D eigenvalue weighted by atomic mass is 32.1. The fourth-order valence-electron chi connectivity index (χ4n) is 2.40. The van der Waals surface area contributed by atoms with Crippen LogP contribution in [-0.2, 0) is 11.3 Å². The van der Waals surface area contributed by atoms with Gasteiger partial charge in [-0.05, 0) is 31.2 Å². The maximum atomic E-state index is 11.4. The highest BCUT2D eigenvalue weighted by Crippen LogP contribution is 2.24. The van der Waals surface area contributed by atoms with Gasteiger partial charge in [0.15, 0.2) is 10.8 Å². The Morgan fingerprint density at radius 3 is 2.87 bits per heavy atom. The van der Waals surface area contributed by atoms with Gasteiger partial charge in [0.1, 0.15) is 12.6 Å². The number of methoxy groups -OCH3 is 1. The lowest BCUT2D eigenvalue weighted by Gasteiger charge is -2.18. The van der Waals surface area contributed by atoms with E-state index in [1.165, 1.54) is 16.7 Å². The standard InChI is InChI=1S/C17H18N2O3S/c1-11(16-18-13-6-4-5-7-15(13)23-16)19(2)10-12-8-9-14(22-12)17(20)21-3/h4-9,11H,10H2,1-3H3/p+1/t11-/m0/s1. The smallest absolute Gasteiger partial charge is 0.373 e. The van der Waals surface area contributed by atoms with Crippen molar-refractivity contribution in [2.75, 3.05) is 14.2 Å². The van der Waals surface area contributed by atoms with Crippen molar-refractivity contribution in [2.45, 2.75) is 19.5 Å². The maximum Gasteiger partial charge on any atom is 0.373 e. The summed E-state index contributed by atoms with van der Waals surface area (Å²) in [6.45, 7) is 2.82. The molecule has 0 bridgehead atoms. The van der Waals surface area contributed by atoms with Crippen molar-refractivity contribution in [3.8, 4) is 0 Å². The Morgan fingerprint density at radius 1 is 1.35 bits per heavy atom. The Bertz CT molecular complexity index is 791. The number of para-hydroxylation sites is 1. The van der Waals surface area contributed by atoms with Crippen molar-refractivity contribution in [1.82, 2.24) is 4.98 Å². The molecule has 0 spiro atoms. The molecule has 23 heavy (non-hydrogen) atoms. The molecule has 0 saturated carbocycles. The van der Waals surface area contributed by atoms with Crippen molar-refractivity contribution in [2.24, 2.45) is 0 Å². The number of carbonyl (C=O) groups is 1. The molecule has 2 atom stereocenters. The van der Waals surface area contributed by atoms with Crippen molar-refractivity contribution >= 4 is 27.5 Å². The molecule has 0 fully saturated rings. The molecule has 0 aliphatic carbocycles. The summed E-state index contributed by atoms with van der Waals surface area (Å²) in [5.41, 5.74) is 1.04. The first-order valence-corrected chi connectivity index (χ1v) is 8.25. The van der Waals surface area contributed by atoms with Gasteiger partial charge in [0.05, 0.1) is 24.4 Å². The third kappa shape index (κ3) is 3.28. The molecule has 1 N–H and O–H groups in total. The number of carbonyl (C=O) groups excluding carboxylic acids is 1. The van der Waals surface area contributed by atoms with Crippen LogP contribution in [0.15, 0.2) is 40.8 Å². The van der Waals surface area contributed by atoms with Gasteiger partial charge in [-0.15, -0.1) is 11.3 Å². The number of hydrogen-bond donors (Lipinski definition) is 1. The lowest BCUT2D eigenvalue weighted by atomic mass is 10.3. The van der Waals surface area contributed by atoms with Crippen LogP contribution in [0.2, 0.25) is 0 Å². The summed E-state index contributed by atoms with van der Waals surface area (Å²) in [6, 6.07) is 11.9. The summed E-state index contributed by atoms with van der Waals surface area (Å²) < 4.78 is 11.4. The van der Waals surface area contributed by atoms with Crippen LogP contribution in [0.25, 0.3) is 10.2 Å². The van der Waals surface area contributed by atoms with Crippen molar-refractivity contribution < 1.29 is 18.8 Å². The number of nitrogens with zero attached hydrogens (tertiary/aromatic N) is 1. The number of esters is 1. The van der Waals surface area contributed by atoms with Crippen LogP contribution in [-0.4, -0.2) is 25.1 Å². The van der Waals surface area contributed by atoms with Gasteiger partial charge in [-0.3, -0.25) is 0 Å². The number of ether oxygens (including phenoxy) is 1. The van der Waals surface area contributed by atoms with Crippen molar-refractivity contribution in [3.05, 3.63) is 52.9 Å². The zero-order valence-corrected chi connectivity index (χ0v) is 14.1. The summed E-state index contributed by atoms with van der Waals surface area (Å²) >= 11 is 1.72. The third-order valence-electron chi connectivity index (χ3n) is 3.92. The second-order valence-corrected chi connectivity index (χ2v) is 6.58. The van der Waals surface area contributed by atoms with Crippen LogP contribution in [0.4, 0.5) is 0 Å². The predicted molar refractivity (Wildman–Crippen MR) is 88.7 cm³/mol. The van der Waals surface area contributed by atoms with Gasteiger partial charge in [-0.1, -0.05) is 12.1 Å². The second kappa shape index (κ2) is 6.52. The largest absolute Gasteiger partial charge is 0.463 e. The van der Waals surface area contributed by atoms with Gasteiger partial charge in [-0.25, -0.2) is 9.78 Å². The maximum absolute atomic E-state index is 11.4. The normalized spacial score (nSPS) is 13.9. The van der Waals surface area contributed by atoms with E-state index >= 15 is 0 Å². The Kier molecular flexibility index (Phi) is 4.45. The first-order chi connectivity index (χ1) is 11.1. The molecule has 2 aromatic heterocycles. The van der Waals surface area contributed by atoms with Gasteiger partial charge in [0, 0.05) is 0 Å². The molecule has 0 saturated heterocycles. The number of nitrogens with one attached hydrogen (secondary N) is 1. The van der Waals surface area contributed by atoms with Gasteiger partial charge < -0.3 is 14.1 Å². The number of benzene rings is 1. The molecule has 0 radical (unpaired) electrons. The highest BCUT2D eigenvalue weighted by Gasteiger charge is 2.21. The Balaban J connectivity index is 1.73. The molecule has 5 nitrogen and oxygen atoms in total. The van der Waals surface area contributed by atoms with E-state index in [9.17, 15) is 4.79 Å². The first-order valence-electron chi connectivity index (χ1n) is 7.43. The van der Waals surface area contributed by atoms with Crippen LogP contribution < -0.4 is 4.90 Å². The van der Waals surface area contributed by atoms with E-state index in [2.05, 4.69) is 24.8 Å². The van der Waals surface area contributed by atoms with Gasteiger partial charge in [0.2, 0.25) is 5.76 Å². The molecule has 2 heterocycles. The number of fused-ring (bicyclic) bond motifs is 1. The zero-order valence-electron chi connectivity index (χ0n) is 13.3. The third-order valence-corrected chi connectivity index (χ3v) is 5.14. The lowest BCUT2D eigenvalue weighted by Crippen LogP contribution is -3.07. The summed E-state index contributed by atoms with van der Waals surface area (Å²) in [6.07, 6.45) is 0. The van der Waals surface area contributed by atoms with E-state index < -0.39 is 5.97 Å². The Labute approximate surface area is 138 Å². The zero-order chi connectivity index (χ0) is 16.4. The second-order valence-electron chi connectivity index (χ2n) is 5.52. The fourth-order valence-corrected chi connectivity index (χ4v) is 3.51. The minimum Gasteiger partial charge on any atom is -0.463 e. The van der Waals surface area contributed by atoms with Gasteiger partial charge in [-0.2, -0.15) is 0 Å². The summed E-state index contributed by atoms with van der Waals surface area (Å²) in [7, 11) is 3.44. The molecule has 0 aliphatic rings. The molecule has 1 unspecified atom stereocenters. The molecular formula is C17H19N2O3S+. The van der Waals surface area contributed by atoms with Gasteiger partial charge >= 0.3 is 5.97 Å². The molecule has 0 aliphatic heterocycles. The van der Waals surface area contributed by atoms with E-state index in [1.54, 1.807) is 17.4 Å². The monoisotopic (exact) mass is 331 g/mol. The SMILES string of the molecule is COC(=O)c1ccc(C[NH+](C)[C@@H](C)c2nc3ccccc3s2)o1. The minimum atomic E-state index is -0.451. The molecule has 6 heteroatoms. The quantitative estimate of drug-likeness (QED) is 0.730. The number of furan rings is 1. The van der Waals surface area contributed by atoms with Crippen LogP contribution in [0, 0.1) is 0 Å². The Morgan fingerprint density at radius 2 is 2.13 bits per heavy atom. The minimum absolute atomic E-state index is 0.235. The van der Waals surface area contributed by atoms with Crippen LogP contribution in [0.3, 0.4) is 0 Å². The summed E-state index contributed by atoms with van der Waals surface area (Å²) in [5.74, 6) is 0.548. The van der Waals surface area contributed by atoms with Crippen molar-refractivity contribution in [3.63, 3.8) is 0 Å². The number of aromatic nitrogens is 1. The molecule has 0 amide bonds. The van der Waals surface area contributed by atoms with Crippen LogP contribution >= 0.6 is 11.3 Å². The van der Waals surface area contributed by atoms with E-state index in [0.717, 1.165) is 16.3 Å². The molecule has 120 valence electrons. The number of rotatable bonds is 5. The average molecular weight is 331 g/mol. The average Bonchev–Trinajstić information content (AvgIpc) is 3.19. The first kappa shape index (κ1) is 15.7. The fraction of sp³-hybridized carbons (Fsp3) is 0.294. The van der Waals surface area contributed by atoms with E-state index in [0.29, 0.717) is 6.54 Å².